The minimum Gasteiger partial charge on any atom is -0.495 e. The molecule has 2 rings (SSSR count). The van der Waals surface area contributed by atoms with Gasteiger partial charge in [0.2, 0.25) is 0 Å². The molecule has 2 amide bonds. The fourth-order valence-corrected chi connectivity index (χ4v) is 2.89. The molecule has 150 valence electrons. The number of carbonyl (C=O) groups is 2. The van der Waals surface area contributed by atoms with Crippen LogP contribution in [0.25, 0.3) is 0 Å². The van der Waals surface area contributed by atoms with Gasteiger partial charge in [-0.05, 0) is 24.6 Å². The summed E-state index contributed by atoms with van der Waals surface area (Å²) in [7, 11) is 1.54. The van der Waals surface area contributed by atoms with Gasteiger partial charge < -0.3 is 20.3 Å². The number of quaternary nitrogens is 1. The lowest BCUT2D eigenvalue weighted by Gasteiger charge is -2.18. The number of hydrogen-bond donors (Lipinski definition) is 3. The number of rotatable bonds is 10. The van der Waals surface area contributed by atoms with Crippen LogP contribution in [0.4, 0.5) is 10.1 Å². The Balaban J connectivity index is 1.88. The standard InChI is InChI=1S/C21H26FN3O3/c1-3-12-25(14-20(26)23-13-16-8-4-5-9-17(16)22)15-21(27)24-18-10-6-7-11-19(18)28-2/h4-11H,3,12-15H2,1-2H3,(H,23,26)(H,24,27)/p+1. The van der Waals surface area contributed by atoms with E-state index in [-0.39, 0.29) is 37.3 Å². The maximum absolute atomic E-state index is 13.6. The Hall–Kier alpha value is -2.93. The molecule has 0 aliphatic carbocycles. The number of halogens is 1. The number of nitrogens with one attached hydrogen (secondary N) is 3. The summed E-state index contributed by atoms with van der Waals surface area (Å²) in [5.74, 6) is -0.195. The largest absolute Gasteiger partial charge is 0.495 e. The van der Waals surface area contributed by atoms with Gasteiger partial charge in [-0.25, -0.2) is 4.39 Å². The number of anilines is 1. The Kier molecular flexibility index (Phi) is 8.42. The molecule has 0 aromatic heterocycles. The summed E-state index contributed by atoms with van der Waals surface area (Å²) < 4.78 is 18.9. The van der Waals surface area contributed by atoms with E-state index in [1.54, 1.807) is 37.4 Å². The van der Waals surface area contributed by atoms with Gasteiger partial charge in [0.05, 0.1) is 19.3 Å². The van der Waals surface area contributed by atoms with Gasteiger partial charge in [-0.1, -0.05) is 37.3 Å². The van der Waals surface area contributed by atoms with Crippen molar-refractivity contribution in [3.8, 4) is 5.75 Å². The van der Waals surface area contributed by atoms with Gasteiger partial charge in [-0.2, -0.15) is 0 Å². The van der Waals surface area contributed by atoms with E-state index in [4.69, 9.17) is 4.74 Å². The summed E-state index contributed by atoms with van der Waals surface area (Å²) in [6, 6.07) is 13.5. The summed E-state index contributed by atoms with van der Waals surface area (Å²) in [4.78, 5) is 25.5. The Labute approximate surface area is 164 Å². The number of hydrogen-bond acceptors (Lipinski definition) is 3. The van der Waals surface area contributed by atoms with Crippen LogP contribution in [0.5, 0.6) is 5.75 Å². The lowest BCUT2D eigenvalue weighted by atomic mass is 10.2. The zero-order chi connectivity index (χ0) is 20.4. The molecule has 1 unspecified atom stereocenters. The van der Waals surface area contributed by atoms with Gasteiger partial charge in [0.15, 0.2) is 13.1 Å². The van der Waals surface area contributed by atoms with Crippen LogP contribution < -0.4 is 20.3 Å². The van der Waals surface area contributed by atoms with E-state index in [2.05, 4.69) is 10.6 Å². The van der Waals surface area contributed by atoms with Crippen molar-refractivity contribution in [3.05, 3.63) is 59.9 Å². The SMILES string of the molecule is CCC[NH+](CC(=O)NCc1ccccc1F)CC(=O)Nc1ccccc1OC. The van der Waals surface area contributed by atoms with Crippen molar-refractivity contribution in [2.75, 3.05) is 32.1 Å². The van der Waals surface area contributed by atoms with Crippen molar-refractivity contribution in [2.45, 2.75) is 19.9 Å². The first-order chi connectivity index (χ1) is 13.5. The third-order valence-electron chi connectivity index (χ3n) is 4.24. The van der Waals surface area contributed by atoms with Crippen LogP contribution in [0.15, 0.2) is 48.5 Å². The molecule has 2 aromatic rings. The highest BCUT2D eigenvalue weighted by molar-refractivity contribution is 5.93. The second-order valence-corrected chi connectivity index (χ2v) is 6.47. The molecular weight excluding hydrogens is 361 g/mol. The maximum atomic E-state index is 13.6. The van der Waals surface area contributed by atoms with Crippen molar-refractivity contribution in [1.82, 2.24) is 5.32 Å². The van der Waals surface area contributed by atoms with Crippen LogP contribution in [0.1, 0.15) is 18.9 Å². The molecule has 6 nitrogen and oxygen atoms in total. The lowest BCUT2D eigenvalue weighted by molar-refractivity contribution is -0.883. The van der Waals surface area contributed by atoms with E-state index in [1.165, 1.54) is 6.07 Å². The van der Waals surface area contributed by atoms with Crippen molar-refractivity contribution in [3.63, 3.8) is 0 Å². The Bertz CT molecular complexity index is 798. The smallest absolute Gasteiger partial charge is 0.279 e. The molecule has 0 aliphatic rings. The van der Waals surface area contributed by atoms with E-state index in [0.717, 1.165) is 11.3 Å². The normalized spacial score (nSPS) is 11.5. The van der Waals surface area contributed by atoms with Crippen LogP contribution in [-0.4, -0.2) is 38.6 Å². The van der Waals surface area contributed by atoms with Crippen LogP contribution in [0.3, 0.4) is 0 Å². The molecule has 0 heterocycles. The molecule has 28 heavy (non-hydrogen) atoms. The summed E-state index contributed by atoms with van der Waals surface area (Å²) in [5, 5.41) is 5.54. The maximum Gasteiger partial charge on any atom is 0.279 e. The number of carbonyl (C=O) groups excluding carboxylic acids is 2. The Morgan fingerprint density at radius 1 is 1.04 bits per heavy atom. The quantitative estimate of drug-likeness (QED) is 0.576. The molecule has 0 bridgehead atoms. The molecule has 1 atom stereocenters. The van der Waals surface area contributed by atoms with Crippen LogP contribution in [-0.2, 0) is 16.1 Å². The highest BCUT2D eigenvalue weighted by Crippen LogP contribution is 2.22. The average molecular weight is 388 g/mol. The van der Waals surface area contributed by atoms with Crippen molar-refractivity contribution in [1.29, 1.82) is 0 Å². The molecule has 2 aromatic carbocycles. The Morgan fingerprint density at radius 3 is 2.43 bits per heavy atom. The molecule has 0 saturated carbocycles. The van der Waals surface area contributed by atoms with E-state index in [1.807, 2.05) is 19.1 Å². The number of amides is 2. The number of benzene rings is 2. The van der Waals surface area contributed by atoms with E-state index in [0.29, 0.717) is 23.5 Å². The second kappa shape index (κ2) is 11.0. The fourth-order valence-electron chi connectivity index (χ4n) is 2.89. The molecule has 0 saturated heterocycles. The van der Waals surface area contributed by atoms with Crippen LogP contribution in [0.2, 0.25) is 0 Å². The fraction of sp³-hybridized carbons (Fsp3) is 0.333. The number of methoxy groups -OCH3 is 1. The van der Waals surface area contributed by atoms with Gasteiger partial charge in [0.1, 0.15) is 11.6 Å². The topological polar surface area (TPSA) is 71.9 Å². The molecular formula is C21H27FN3O3+. The average Bonchev–Trinajstić information content (AvgIpc) is 2.68. The molecule has 7 heteroatoms. The summed E-state index contributed by atoms with van der Waals surface area (Å²) >= 11 is 0. The third-order valence-corrected chi connectivity index (χ3v) is 4.24. The number of para-hydroxylation sites is 2. The summed E-state index contributed by atoms with van der Waals surface area (Å²) in [6.07, 6.45) is 0.831. The first-order valence-corrected chi connectivity index (χ1v) is 9.30. The van der Waals surface area contributed by atoms with Gasteiger partial charge >= 0.3 is 0 Å². The van der Waals surface area contributed by atoms with E-state index < -0.39 is 0 Å². The van der Waals surface area contributed by atoms with E-state index in [9.17, 15) is 14.0 Å². The van der Waals surface area contributed by atoms with Crippen molar-refractivity contribution >= 4 is 17.5 Å². The predicted octanol–water partition coefficient (Wildman–Crippen LogP) is 1.38. The third kappa shape index (κ3) is 6.66. The van der Waals surface area contributed by atoms with Crippen LogP contribution in [0, 0.1) is 5.82 Å². The van der Waals surface area contributed by atoms with Crippen molar-refractivity contribution in [2.24, 2.45) is 0 Å². The number of ether oxygens (including phenoxy) is 1. The summed E-state index contributed by atoms with van der Waals surface area (Å²) in [6.45, 7) is 3.08. The first kappa shape index (κ1) is 21.4. The highest BCUT2D eigenvalue weighted by Gasteiger charge is 2.18. The van der Waals surface area contributed by atoms with Gasteiger partial charge in [0, 0.05) is 12.1 Å². The molecule has 0 radical (unpaired) electrons. The van der Waals surface area contributed by atoms with Gasteiger partial charge in [-0.15, -0.1) is 0 Å². The molecule has 0 fully saturated rings. The zero-order valence-electron chi connectivity index (χ0n) is 16.3. The molecule has 0 spiro atoms. The van der Waals surface area contributed by atoms with Crippen LogP contribution >= 0.6 is 0 Å². The monoisotopic (exact) mass is 388 g/mol. The highest BCUT2D eigenvalue weighted by atomic mass is 19.1. The minimum atomic E-state index is -0.350. The Morgan fingerprint density at radius 2 is 1.71 bits per heavy atom. The van der Waals surface area contributed by atoms with Gasteiger partial charge in [-0.3, -0.25) is 9.59 Å². The van der Waals surface area contributed by atoms with E-state index >= 15 is 0 Å². The second-order valence-electron chi connectivity index (χ2n) is 6.47. The molecule has 0 aliphatic heterocycles. The van der Waals surface area contributed by atoms with Gasteiger partial charge in [0.25, 0.3) is 11.8 Å². The first-order valence-electron chi connectivity index (χ1n) is 9.30. The predicted molar refractivity (Wildman–Crippen MR) is 106 cm³/mol. The molecule has 3 N–H and O–H groups in total. The summed E-state index contributed by atoms with van der Waals surface area (Å²) in [5.41, 5.74) is 1.02. The van der Waals surface area contributed by atoms with Crippen molar-refractivity contribution < 1.29 is 23.6 Å². The lowest BCUT2D eigenvalue weighted by Crippen LogP contribution is -3.14. The zero-order valence-corrected chi connectivity index (χ0v) is 16.3. The minimum absolute atomic E-state index is 0.123.